The van der Waals surface area contributed by atoms with E-state index in [1.54, 1.807) is 18.2 Å². The number of aliphatic hydroxyl groups is 1. The number of aliphatic carboxylic acids is 1. The van der Waals surface area contributed by atoms with Crippen LogP contribution in [0.3, 0.4) is 0 Å². The number of anilines is 1. The highest BCUT2D eigenvalue weighted by molar-refractivity contribution is 7.46. The molecule has 1 aliphatic heterocycles. The fourth-order valence-electron chi connectivity index (χ4n) is 3.43. The van der Waals surface area contributed by atoms with Crippen molar-refractivity contribution in [3.05, 3.63) is 52.8 Å². The summed E-state index contributed by atoms with van der Waals surface area (Å²) in [4.78, 5) is 46.0. The average molecular weight is 467 g/mol. The van der Waals surface area contributed by atoms with Gasteiger partial charge in [0.2, 0.25) is 0 Å². The van der Waals surface area contributed by atoms with Crippen LogP contribution in [-0.4, -0.2) is 48.0 Å². The van der Waals surface area contributed by atoms with Crippen molar-refractivity contribution in [1.29, 1.82) is 0 Å². The van der Waals surface area contributed by atoms with E-state index in [0.29, 0.717) is 5.69 Å². The Labute approximate surface area is 182 Å². The Morgan fingerprint density at radius 2 is 2.03 bits per heavy atom. The van der Waals surface area contributed by atoms with Gasteiger partial charge in [-0.1, -0.05) is 18.2 Å². The minimum Gasteiger partial charge on any atom is -0.506 e. The molecule has 32 heavy (non-hydrogen) atoms. The van der Waals surface area contributed by atoms with Crippen molar-refractivity contribution in [2.45, 2.75) is 38.1 Å². The second kappa shape index (κ2) is 8.94. The minimum absolute atomic E-state index is 0.112. The molecule has 0 saturated heterocycles. The Balaban J connectivity index is 1.83. The van der Waals surface area contributed by atoms with Gasteiger partial charge in [-0.25, -0.2) is 4.57 Å². The van der Waals surface area contributed by atoms with Crippen LogP contribution in [0.4, 0.5) is 5.69 Å². The molecule has 2 heterocycles. The third-order valence-electron chi connectivity index (χ3n) is 5.14. The fourth-order valence-corrected chi connectivity index (χ4v) is 3.74. The zero-order valence-electron chi connectivity index (χ0n) is 16.8. The number of pyridine rings is 1. The number of phosphoric ester groups is 1. The Morgan fingerprint density at radius 1 is 1.34 bits per heavy atom. The summed E-state index contributed by atoms with van der Waals surface area (Å²) < 4.78 is 15.5. The molecule has 2 atom stereocenters. The number of aromatic nitrogens is 1. The van der Waals surface area contributed by atoms with Gasteiger partial charge in [0, 0.05) is 41.5 Å². The summed E-state index contributed by atoms with van der Waals surface area (Å²) in [6.45, 7) is 0.634. The Morgan fingerprint density at radius 3 is 2.69 bits per heavy atom. The van der Waals surface area contributed by atoms with Crippen molar-refractivity contribution in [2.75, 3.05) is 5.32 Å². The van der Waals surface area contributed by atoms with Crippen molar-refractivity contribution in [3.8, 4) is 5.75 Å². The molecule has 1 amide bonds. The Bertz CT molecular complexity index is 1100. The number of amides is 1. The third kappa shape index (κ3) is 4.96. The van der Waals surface area contributed by atoms with Gasteiger partial charge < -0.3 is 35.7 Å². The zero-order valence-corrected chi connectivity index (χ0v) is 17.7. The zero-order chi connectivity index (χ0) is 23.7. The number of benzene rings is 1. The topological polar surface area (TPSA) is 199 Å². The van der Waals surface area contributed by atoms with Crippen molar-refractivity contribution in [3.63, 3.8) is 0 Å². The number of carboxylic acids is 1. The van der Waals surface area contributed by atoms with E-state index in [4.69, 9.17) is 9.79 Å². The van der Waals surface area contributed by atoms with Crippen molar-refractivity contribution in [1.82, 2.24) is 10.3 Å². The first-order valence-corrected chi connectivity index (χ1v) is 10.9. The molecule has 13 heteroatoms. The Hall–Kier alpha value is -2.86. The third-order valence-corrected chi connectivity index (χ3v) is 5.60. The maximum atomic E-state index is 12.4. The lowest BCUT2D eigenvalue weighted by molar-refractivity contribution is -0.144. The number of hydrogen-bond acceptors (Lipinski definition) is 8. The van der Waals surface area contributed by atoms with Crippen LogP contribution in [0.5, 0.6) is 5.75 Å². The highest BCUT2D eigenvalue weighted by Gasteiger charge is 2.47. The van der Waals surface area contributed by atoms with Gasteiger partial charge in [0.05, 0.1) is 12.3 Å². The summed E-state index contributed by atoms with van der Waals surface area (Å²) in [6, 6.07) is 4.95. The van der Waals surface area contributed by atoms with Crippen LogP contribution in [0, 0.1) is 6.92 Å². The van der Waals surface area contributed by atoms with Gasteiger partial charge in [0.15, 0.2) is 5.60 Å². The summed E-state index contributed by atoms with van der Waals surface area (Å²) in [5.41, 5.74) is -1.03. The van der Waals surface area contributed by atoms with Crippen LogP contribution in [0.2, 0.25) is 0 Å². The molecule has 2 aromatic rings. The molecule has 7 N–H and O–H groups in total. The molecule has 0 saturated carbocycles. The van der Waals surface area contributed by atoms with Gasteiger partial charge >= 0.3 is 13.8 Å². The van der Waals surface area contributed by atoms with E-state index in [1.807, 2.05) is 0 Å². The first-order chi connectivity index (χ1) is 14.9. The van der Waals surface area contributed by atoms with Crippen molar-refractivity contribution >= 4 is 25.4 Å². The molecule has 3 rings (SSSR count). The normalized spacial score (nSPS) is 18.8. The molecular weight excluding hydrogens is 445 g/mol. The number of phosphoric acid groups is 1. The molecular formula is C19H22N3O9P. The van der Waals surface area contributed by atoms with Gasteiger partial charge in [0.25, 0.3) is 5.91 Å². The van der Waals surface area contributed by atoms with Gasteiger partial charge in [-0.15, -0.1) is 0 Å². The van der Waals surface area contributed by atoms with Crippen LogP contribution in [0.25, 0.3) is 0 Å². The number of aromatic hydroxyl groups is 1. The van der Waals surface area contributed by atoms with Gasteiger partial charge in [-0.2, -0.15) is 0 Å². The summed E-state index contributed by atoms with van der Waals surface area (Å²) in [7, 11) is -4.80. The second-order valence-electron chi connectivity index (χ2n) is 7.30. The standard InChI is InChI=1S/C19H22N3O9P/c1-10-16(23)12(11(7-20-10)9-31-32(28,29)30)8-21-15(17(24)25)6-19(27)13-4-2-3-5-14(13)22-18(19)26/h2-5,7,15,21,23,27H,6,8-9H2,1H3,(H,22,26)(H,24,25)(H2,28,29,30)/t15?,19-/m0/s1. The highest BCUT2D eigenvalue weighted by atomic mass is 31.2. The van der Waals surface area contributed by atoms with E-state index in [2.05, 4.69) is 20.1 Å². The fraction of sp³-hybridized carbons (Fsp3) is 0.316. The molecule has 0 spiro atoms. The van der Waals surface area contributed by atoms with E-state index >= 15 is 0 Å². The highest BCUT2D eigenvalue weighted by Crippen LogP contribution is 2.40. The largest absolute Gasteiger partial charge is 0.506 e. The van der Waals surface area contributed by atoms with Crippen molar-refractivity contribution < 1.29 is 43.8 Å². The van der Waals surface area contributed by atoms with E-state index in [1.165, 1.54) is 19.2 Å². The Kier molecular flexibility index (Phi) is 6.65. The molecule has 0 fully saturated rings. The number of para-hydroxylation sites is 1. The number of rotatable bonds is 9. The van der Waals surface area contributed by atoms with E-state index < -0.39 is 44.4 Å². The van der Waals surface area contributed by atoms with Crippen molar-refractivity contribution in [2.24, 2.45) is 0 Å². The lowest BCUT2D eigenvalue weighted by atomic mass is 9.88. The van der Waals surface area contributed by atoms with Crippen LogP contribution in [0.15, 0.2) is 30.5 Å². The molecule has 0 bridgehead atoms. The summed E-state index contributed by atoms with van der Waals surface area (Å²) in [5.74, 6) is -2.42. The van der Waals surface area contributed by atoms with Gasteiger partial charge in [-0.05, 0) is 13.0 Å². The van der Waals surface area contributed by atoms with Crippen LogP contribution in [-0.2, 0) is 37.4 Å². The first kappa shape index (κ1) is 23.8. The number of fused-ring (bicyclic) bond motifs is 1. The number of carbonyl (C=O) groups is 2. The average Bonchev–Trinajstić information content (AvgIpc) is 2.96. The quantitative estimate of drug-likeness (QED) is 0.253. The molecule has 0 radical (unpaired) electrons. The minimum atomic E-state index is -4.80. The number of carbonyl (C=O) groups excluding carboxylic acids is 1. The maximum absolute atomic E-state index is 12.4. The SMILES string of the molecule is Cc1ncc(COP(=O)(O)O)c(CNC(C[C@@]2(O)C(=O)Nc3ccccc32)C(=O)O)c1O. The maximum Gasteiger partial charge on any atom is 0.469 e. The smallest absolute Gasteiger partial charge is 0.469 e. The summed E-state index contributed by atoms with van der Waals surface area (Å²) in [6.07, 6.45) is 0.732. The molecule has 172 valence electrons. The van der Waals surface area contributed by atoms with E-state index in [-0.39, 0.29) is 34.7 Å². The summed E-state index contributed by atoms with van der Waals surface area (Å²) >= 11 is 0. The molecule has 0 aliphatic carbocycles. The molecule has 12 nitrogen and oxygen atoms in total. The molecule has 1 aromatic carbocycles. The summed E-state index contributed by atoms with van der Waals surface area (Å²) in [5, 5.41) is 36.2. The second-order valence-corrected chi connectivity index (χ2v) is 8.54. The van der Waals surface area contributed by atoms with Gasteiger partial charge in [0.1, 0.15) is 11.8 Å². The van der Waals surface area contributed by atoms with Crippen LogP contribution >= 0.6 is 7.82 Å². The van der Waals surface area contributed by atoms with E-state index in [0.717, 1.165) is 0 Å². The number of carboxylic acid groups (broad SMARTS) is 1. The van der Waals surface area contributed by atoms with Crippen LogP contribution < -0.4 is 10.6 Å². The van der Waals surface area contributed by atoms with Crippen LogP contribution in [0.1, 0.15) is 28.8 Å². The number of hydrogen-bond donors (Lipinski definition) is 7. The predicted octanol–water partition coefficient (Wildman–Crippen LogP) is 0.478. The number of aryl methyl sites for hydroxylation is 1. The monoisotopic (exact) mass is 467 g/mol. The lowest BCUT2D eigenvalue weighted by Crippen LogP contribution is -2.46. The molecule has 1 aliphatic rings. The predicted molar refractivity (Wildman–Crippen MR) is 109 cm³/mol. The van der Waals surface area contributed by atoms with Gasteiger partial charge in [-0.3, -0.25) is 19.1 Å². The lowest BCUT2D eigenvalue weighted by Gasteiger charge is -2.26. The molecule has 1 unspecified atom stereocenters. The number of nitrogens with zero attached hydrogens (tertiary/aromatic N) is 1. The number of nitrogens with one attached hydrogen (secondary N) is 2. The first-order valence-electron chi connectivity index (χ1n) is 9.38. The molecule has 1 aromatic heterocycles. The van der Waals surface area contributed by atoms with E-state index in [9.17, 15) is 29.5 Å².